The van der Waals surface area contributed by atoms with Crippen molar-refractivity contribution >= 4 is 62.1 Å². The van der Waals surface area contributed by atoms with E-state index in [2.05, 4.69) is 134 Å². The third-order valence-corrected chi connectivity index (χ3v) is 12.1. The number of rotatable bonds is 2. The molecule has 3 heterocycles. The molecule has 3 aliphatic rings. The van der Waals surface area contributed by atoms with E-state index in [1.165, 1.54) is 54.2 Å². The molecule has 4 heteroatoms. The van der Waals surface area contributed by atoms with Crippen LogP contribution in [0.25, 0.3) is 67.4 Å². The lowest BCUT2D eigenvalue weighted by Gasteiger charge is -2.34. The van der Waals surface area contributed by atoms with Crippen LogP contribution in [0.2, 0.25) is 0 Å². The van der Waals surface area contributed by atoms with Crippen molar-refractivity contribution in [2.24, 2.45) is 5.92 Å². The molecule has 0 N–H and O–H groups in total. The molecule has 0 spiro atoms. The van der Waals surface area contributed by atoms with Gasteiger partial charge in [-0.05, 0) is 75.7 Å². The van der Waals surface area contributed by atoms with Crippen molar-refractivity contribution in [3.8, 4) is 29.4 Å². The maximum Gasteiger partial charge on any atom is 0.164 e. The van der Waals surface area contributed by atoms with Gasteiger partial charge in [0, 0.05) is 38.9 Å². The first-order valence-corrected chi connectivity index (χ1v) is 18.2. The normalized spacial score (nSPS) is 19.9. The van der Waals surface area contributed by atoms with Crippen LogP contribution in [0.1, 0.15) is 48.3 Å². The van der Waals surface area contributed by atoms with E-state index in [0.29, 0.717) is 5.92 Å². The van der Waals surface area contributed by atoms with Crippen LogP contribution < -0.4 is 10.6 Å². The zero-order chi connectivity index (χ0) is 33.5. The van der Waals surface area contributed by atoms with Crippen molar-refractivity contribution < 1.29 is 0 Å². The fourth-order valence-electron chi connectivity index (χ4n) is 8.72. The lowest BCUT2D eigenvalue weighted by Crippen LogP contribution is -2.30. The lowest BCUT2D eigenvalue weighted by atomic mass is 9.72. The zero-order valence-corrected chi connectivity index (χ0v) is 28.7. The first-order chi connectivity index (χ1) is 24.6. The Kier molecular flexibility index (Phi) is 6.56. The molecule has 3 atom stereocenters. The summed E-state index contributed by atoms with van der Waals surface area (Å²) in [6.45, 7) is 4.47. The second kappa shape index (κ2) is 11.2. The highest BCUT2D eigenvalue weighted by molar-refractivity contribution is 8.00. The number of para-hydroxylation sites is 2. The van der Waals surface area contributed by atoms with Crippen molar-refractivity contribution in [1.29, 1.82) is 0 Å². The number of nitrogens with zero attached hydrogens (tertiary/aromatic N) is 3. The molecule has 0 bridgehead atoms. The zero-order valence-electron chi connectivity index (χ0n) is 27.9. The smallest absolute Gasteiger partial charge is 0.164 e. The highest BCUT2D eigenvalue weighted by Crippen LogP contribution is 2.64. The van der Waals surface area contributed by atoms with Crippen LogP contribution in [0.5, 0.6) is 0 Å². The molecule has 1 aliphatic heterocycles. The molecule has 0 saturated heterocycles. The fourth-order valence-corrected chi connectivity index (χ4v) is 10.3. The molecule has 3 nitrogen and oxygen atoms in total. The summed E-state index contributed by atoms with van der Waals surface area (Å²) in [6.07, 6.45) is 16.2. The molecule has 2 aromatic heterocycles. The molecular weight excluding hydrogens is 627 g/mol. The number of allylic oxidation sites excluding steroid dienone is 4. The van der Waals surface area contributed by atoms with Gasteiger partial charge in [-0.25, -0.2) is 9.97 Å². The van der Waals surface area contributed by atoms with Crippen LogP contribution in [-0.2, 0) is 0 Å². The lowest BCUT2D eigenvalue weighted by molar-refractivity contribution is 0.688. The minimum Gasteiger partial charge on any atom is -0.294 e. The number of hydrogen-bond acceptors (Lipinski definition) is 3. The van der Waals surface area contributed by atoms with Crippen molar-refractivity contribution in [1.82, 2.24) is 14.5 Å². The minimum absolute atomic E-state index is 0.120. The second-order valence-electron chi connectivity index (χ2n) is 13.6. The van der Waals surface area contributed by atoms with Gasteiger partial charge < -0.3 is 0 Å². The van der Waals surface area contributed by atoms with Crippen molar-refractivity contribution in [2.75, 3.05) is 0 Å². The van der Waals surface area contributed by atoms with Gasteiger partial charge in [-0.2, -0.15) is 0 Å². The van der Waals surface area contributed by atoms with Gasteiger partial charge in [0.05, 0.1) is 21.6 Å². The van der Waals surface area contributed by atoms with E-state index in [9.17, 15) is 0 Å². The van der Waals surface area contributed by atoms with E-state index in [1.54, 1.807) is 0 Å². The van der Waals surface area contributed by atoms with Crippen LogP contribution in [0.3, 0.4) is 0 Å². The molecule has 5 aromatic carbocycles. The van der Waals surface area contributed by atoms with Crippen LogP contribution in [-0.4, -0.2) is 14.5 Å². The predicted molar refractivity (Wildman–Crippen MR) is 210 cm³/mol. The second-order valence-corrected chi connectivity index (χ2v) is 14.8. The summed E-state index contributed by atoms with van der Waals surface area (Å²) in [4.78, 5) is 12.3. The highest BCUT2D eigenvalue weighted by Gasteiger charge is 2.46. The fraction of sp³-hybridized carbons (Fsp3) is 0.130. The molecule has 0 amide bonds. The van der Waals surface area contributed by atoms with E-state index < -0.39 is 0 Å². The quantitative estimate of drug-likeness (QED) is 0.173. The van der Waals surface area contributed by atoms with Crippen molar-refractivity contribution in [3.05, 3.63) is 148 Å². The van der Waals surface area contributed by atoms with Gasteiger partial charge >= 0.3 is 0 Å². The Balaban J connectivity index is 1.37. The largest absolute Gasteiger partial charge is 0.294 e. The van der Waals surface area contributed by atoms with Crippen LogP contribution >= 0.6 is 11.8 Å². The summed E-state index contributed by atoms with van der Waals surface area (Å²) in [5.41, 5.74) is 10.5. The average Bonchev–Trinajstić information content (AvgIpc) is 3.71. The van der Waals surface area contributed by atoms with E-state index in [0.717, 1.165) is 45.3 Å². The van der Waals surface area contributed by atoms with Gasteiger partial charge in [-0.3, -0.25) is 4.57 Å². The van der Waals surface area contributed by atoms with E-state index in [1.807, 2.05) is 30.0 Å². The molecule has 2 unspecified atom stereocenters. The number of fused-ring (bicyclic) bond motifs is 11. The minimum atomic E-state index is 0.120. The summed E-state index contributed by atoms with van der Waals surface area (Å²) < 4.78 is 2.40. The molecule has 10 rings (SSSR count). The van der Waals surface area contributed by atoms with Crippen molar-refractivity contribution in [3.63, 3.8) is 0 Å². The number of benzene rings is 5. The maximum atomic E-state index is 6.20. The molecule has 2 aliphatic carbocycles. The molecule has 0 saturated carbocycles. The molecule has 0 radical (unpaired) electrons. The van der Waals surface area contributed by atoms with Crippen LogP contribution in [0.15, 0.2) is 126 Å². The topological polar surface area (TPSA) is 30.7 Å². The first-order valence-electron chi connectivity index (χ1n) is 17.4. The van der Waals surface area contributed by atoms with Gasteiger partial charge in [0.2, 0.25) is 0 Å². The molecule has 7 aromatic rings. The molecule has 50 heavy (non-hydrogen) atoms. The Bertz CT molecular complexity index is 2820. The van der Waals surface area contributed by atoms with E-state index >= 15 is 0 Å². The first kappa shape index (κ1) is 29.3. The number of aromatic nitrogens is 3. The third kappa shape index (κ3) is 4.14. The monoisotopic (exact) mass is 659 g/mol. The molecule has 0 fully saturated rings. The summed E-state index contributed by atoms with van der Waals surface area (Å²) >= 11 is 1.98. The average molecular weight is 660 g/mol. The standard InChI is InChI=1S/C46H33N3S/c1-4-13-38-30(5-2)40-35-26-27(3)22-24-33(35)42-41-32-18-9-7-15-29(32)23-25-39(41)50-45(42)44(40)49(38)46-43(47-36-20-10-11-21-37(36)48-46)34-19-12-16-28-14-6-8-17-31(28)34/h1,5-25,27,42,45H,26H2,2-3H3/b30-5+,38-13+/t27-,42?,45?/m0/s1. The number of thioether (sulfide) groups is 1. The Labute approximate surface area is 295 Å². The van der Waals surface area contributed by atoms with E-state index in [-0.39, 0.29) is 11.2 Å². The van der Waals surface area contributed by atoms with Gasteiger partial charge in [-0.15, -0.1) is 18.2 Å². The van der Waals surface area contributed by atoms with E-state index in [4.69, 9.17) is 16.4 Å². The van der Waals surface area contributed by atoms with Gasteiger partial charge in [0.1, 0.15) is 5.69 Å². The highest BCUT2D eigenvalue weighted by atomic mass is 32.2. The summed E-state index contributed by atoms with van der Waals surface area (Å²) in [6, 6.07) is 36.7. The third-order valence-electron chi connectivity index (χ3n) is 10.8. The van der Waals surface area contributed by atoms with Crippen LogP contribution in [0, 0.1) is 18.3 Å². The maximum absolute atomic E-state index is 6.20. The van der Waals surface area contributed by atoms with Crippen molar-refractivity contribution in [2.45, 2.75) is 36.3 Å². The SMILES string of the molecule is C#C/C=c1\c(=C/C)c2c(n1-c1nc3ccccc3nc1-c1cccc3ccccc13)C1Sc3ccc4ccccc4c3C1C1=C2C[C@@H](C)C=C1. The molecular formula is C46H33N3S. The Morgan fingerprint density at radius 1 is 0.840 bits per heavy atom. The van der Waals surface area contributed by atoms with Gasteiger partial charge in [0.25, 0.3) is 0 Å². The molecule has 238 valence electrons. The summed E-state index contributed by atoms with van der Waals surface area (Å²) in [5.74, 6) is 4.37. The Morgan fingerprint density at radius 3 is 2.36 bits per heavy atom. The van der Waals surface area contributed by atoms with Crippen LogP contribution in [0.4, 0.5) is 0 Å². The Morgan fingerprint density at radius 2 is 1.56 bits per heavy atom. The number of terminal acetylenes is 1. The van der Waals surface area contributed by atoms with Gasteiger partial charge in [-0.1, -0.05) is 116 Å². The summed E-state index contributed by atoms with van der Waals surface area (Å²) in [7, 11) is 0. The Hall–Kier alpha value is -5.63. The van der Waals surface area contributed by atoms with Gasteiger partial charge in [0.15, 0.2) is 5.82 Å². The number of hydrogen-bond donors (Lipinski definition) is 0. The summed E-state index contributed by atoms with van der Waals surface area (Å²) in [5, 5.41) is 7.22. The predicted octanol–water partition coefficient (Wildman–Crippen LogP) is 9.90.